The van der Waals surface area contributed by atoms with Crippen molar-refractivity contribution < 1.29 is 19.0 Å². The summed E-state index contributed by atoms with van der Waals surface area (Å²) < 4.78 is 16.2. The number of nitrogens with one attached hydrogen (secondary N) is 1. The highest BCUT2D eigenvalue weighted by Gasteiger charge is 2.15. The Hall–Kier alpha value is -2.69. The molecule has 2 aliphatic rings. The van der Waals surface area contributed by atoms with Crippen LogP contribution in [0.3, 0.4) is 0 Å². The molecule has 0 bridgehead atoms. The van der Waals surface area contributed by atoms with E-state index >= 15 is 0 Å². The number of carbonyl (C=O) groups is 1. The van der Waals surface area contributed by atoms with Gasteiger partial charge in [0, 0.05) is 11.8 Å². The van der Waals surface area contributed by atoms with Crippen LogP contribution in [0.1, 0.15) is 17.5 Å². The van der Waals surface area contributed by atoms with Crippen LogP contribution in [0.2, 0.25) is 0 Å². The summed E-state index contributed by atoms with van der Waals surface area (Å²) >= 11 is 0. The second-order valence-electron chi connectivity index (χ2n) is 5.69. The number of hydrogen-bond donors (Lipinski definition) is 1. The molecule has 0 radical (unpaired) electrons. The highest BCUT2D eigenvalue weighted by atomic mass is 16.7. The van der Waals surface area contributed by atoms with Gasteiger partial charge >= 0.3 is 0 Å². The lowest BCUT2D eigenvalue weighted by Crippen LogP contribution is -2.15. The first-order valence-electron chi connectivity index (χ1n) is 7.72. The van der Waals surface area contributed by atoms with E-state index in [0.29, 0.717) is 23.6 Å². The first-order chi connectivity index (χ1) is 11.3. The molecular formula is C18H17NO4. The third kappa shape index (κ3) is 2.95. The first-order valence-corrected chi connectivity index (χ1v) is 7.72. The number of hydrogen-bond acceptors (Lipinski definition) is 4. The molecule has 5 nitrogen and oxygen atoms in total. The highest BCUT2D eigenvalue weighted by molar-refractivity contribution is 5.92. The second-order valence-corrected chi connectivity index (χ2v) is 5.69. The van der Waals surface area contributed by atoms with Gasteiger partial charge in [-0.1, -0.05) is 12.1 Å². The van der Waals surface area contributed by atoms with Crippen LogP contribution in [0.5, 0.6) is 17.2 Å². The fourth-order valence-corrected chi connectivity index (χ4v) is 2.89. The van der Waals surface area contributed by atoms with E-state index in [2.05, 4.69) is 11.4 Å². The van der Waals surface area contributed by atoms with Crippen LogP contribution in [0.4, 0.5) is 5.69 Å². The Morgan fingerprint density at radius 2 is 1.87 bits per heavy atom. The molecule has 118 valence electrons. The average molecular weight is 311 g/mol. The van der Waals surface area contributed by atoms with Gasteiger partial charge in [-0.25, -0.2) is 0 Å². The molecule has 2 heterocycles. The van der Waals surface area contributed by atoms with Gasteiger partial charge in [-0.3, -0.25) is 4.79 Å². The number of benzene rings is 2. The first kappa shape index (κ1) is 13.9. The molecule has 1 amide bonds. The Balaban J connectivity index is 1.44. The van der Waals surface area contributed by atoms with Crippen LogP contribution < -0.4 is 19.5 Å². The summed E-state index contributed by atoms with van der Waals surface area (Å²) in [6, 6.07) is 11.4. The van der Waals surface area contributed by atoms with Gasteiger partial charge in [0.25, 0.3) is 0 Å². The molecular weight excluding hydrogens is 294 g/mol. The van der Waals surface area contributed by atoms with Crippen molar-refractivity contribution in [1.29, 1.82) is 0 Å². The zero-order valence-electron chi connectivity index (χ0n) is 12.6. The number of anilines is 1. The van der Waals surface area contributed by atoms with Crippen molar-refractivity contribution in [2.45, 2.75) is 19.3 Å². The molecule has 1 N–H and O–H groups in total. The van der Waals surface area contributed by atoms with E-state index in [4.69, 9.17) is 14.2 Å². The molecule has 2 aromatic rings. The monoisotopic (exact) mass is 311 g/mol. The number of amides is 1. The fourth-order valence-electron chi connectivity index (χ4n) is 2.89. The average Bonchev–Trinajstić information content (AvgIpc) is 3.02. The van der Waals surface area contributed by atoms with Crippen molar-refractivity contribution in [3.05, 3.63) is 47.5 Å². The predicted molar refractivity (Wildman–Crippen MR) is 85.2 cm³/mol. The number of fused-ring (bicyclic) bond motifs is 2. The van der Waals surface area contributed by atoms with Crippen molar-refractivity contribution in [2.75, 3.05) is 18.7 Å². The second kappa shape index (κ2) is 5.83. The maximum Gasteiger partial charge on any atom is 0.231 e. The summed E-state index contributed by atoms with van der Waals surface area (Å²) in [6.45, 7) is 1.00. The van der Waals surface area contributed by atoms with E-state index < -0.39 is 0 Å². The molecule has 0 saturated carbocycles. The Bertz CT molecular complexity index is 757. The molecule has 5 heteroatoms. The van der Waals surface area contributed by atoms with Crippen LogP contribution in [-0.4, -0.2) is 19.3 Å². The lowest BCUT2D eigenvalue weighted by Gasteiger charge is -2.17. The normalized spacial score (nSPS) is 14.8. The topological polar surface area (TPSA) is 56.8 Å². The molecule has 0 spiro atoms. The lowest BCUT2D eigenvalue weighted by molar-refractivity contribution is -0.115. The Kier molecular flexibility index (Phi) is 3.54. The van der Waals surface area contributed by atoms with Crippen LogP contribution in [0.15, 0.2) is 36.4 Å². The zero-order chi connectivity index (χ0) is 15.6. The molecule has 0 atom stereocenters. The van der Waals surface area contributed by atoms with Crippen molar-refractivity contribution in [2.24, 2.45) is 0 Å². The van der Waals surface area contributed by atoms with Gasteiger partial charge in [0.15, 0.2) is 11.5 Å². The van der Waals surface area contributed by atoms with Gasteiger partial charge in [0.1, 0.15) is 5.75 Å². The standard InChI is InChI=1S/C18H17NO4/c20-18(19-14-4-6-16-17(10-14)23-11-22-16)9-12-3-5-15-13(8-12)2-1-7-21-15/h3-6,8,10H,1-2,7,9,11H2,(H,19,20). The summed E-state index contributed by atoms with van der Waals surface area (Å²) in [7, 11) is 0. The van der Waals surface area contributed by atoms with Crippen molar-refractivity contribution >= 4 is 11.6 Å². The Labute approximate surface area is 134 Å². The van der Waals surface area contributed by atoms with Gasteiger partial charge < -0.3 is 19.5 Å². The summed E-state index contributed by atoms with van der Waals surface area (Å²) in [4.78, 5) is 12.2. The quantitative estimate of drug-likeness (QED) is 0.947. The SMILES string of the molecule is O=C(Cc1ccc2c(c1)CCCO2)Nc1ccc2c(c1)OCO2. The molecule has 0 fully saturated rings. The largest absolute Gasteiger partial charge is 0.493 e. The number of aryl methyl sites for hydroxylation is 1. The summed E-state index contributed by atoms with van der Waals surface area (Å²) in [5.74, 6) is 2.25. The minimum absolute atomic E-state index is 0.0551. The zero-order valence-corrected chi connectivity index (χ0v) is 12.6. The van der Waals surface area contributed by atoms with Gasteiger partial charge in [0.05, 0.1) is 13.0 Å². The number of ether oxygens (including phenoxy) is 3. The Morgan fingerprint density at radius 3 is 2.83 bits per heavy atom. The smallest absolute Gasteiger partial charge is 0.231 e. The van der Waals surface area contributed by atoms with Gasteiger partial charge in [-0.2, -0.15) is 0 Å². The van der Waals surface area contributed by atoms with E-state index in [0.717, 1.165) is 30.8 Å². The van der Waals surface area contributed by atoms with Crippen LogP contribution >= 0.6 is 0 Å². The van der Waals surface area contributed by atoms with Gasteiger partial charge in [-0.05, 0) is 42.2 Å². The van der Waals surface area contributed by atoms with Gasteiger partial charge in [0.2, 0.25) is 12.7 Å². The molecule has 0 aromatic heterocycles. The minimum atomic E-state index is -0.0551. The third-order valence-electron chi connectivity index (χ3n) is 3.99. The molecule has 23 heavy (non-hydrogen) atoms. The maximum absolute atomic E-state index is 12.2. The van der Waals surface area contributed by atoms with Crippen LogP contribution in [0, 0.1) is 0 Å². The summed E-state index contributed by atoms with van der Waals surface area (Å²) in [6.07, 6.45) is 2.37. The number of carbonyl (C=O) groups excluding carboxylic acids is 1. The van der Waals surface area contributed by atoms with Gasteiger partial charge in [-0.15, -0.1) is 0 Å². The predicted octanol–water partition coefficient (Wildman–Crippen LogP) is 2.92. The van der Waals surface area contributed by atoms with E-state index in [1.807, 2.05) is 18.2 Å². The maximum atomic E-state index is 12.2. The van der Waals surface area contributed by atoms with E-state index in [1.54, 1.807) is 12.1 Å². The van der Waals surface area contributed by atoms with E-state index in [9.17, 15) is 4.79 Å². The van der Waals surface area contributed by atoms with Crippen molar-refractivity contribution in [3.8, 4) is 17.2 Å². The van der Waals surface area contributed by atoms with Crippen molar-refractivity contribution in [3.63, 3.8) is 0 Å². The molecule has 4 rings (SSSR count). The molecule has 0 aliphatic carbocycles. The van der Waals surface area contributed by atoms with Crippen molar-refractivity contribution in [1.82, 2.24) is 0 Å². The summed E-state index contributed by atoms with van der Waals surface area (Å²) in [5, 5.41) is 2.89. The Morgan fingerprint density at radius 1 is 1.00 bits per heavy atom. The molecule has 2 aromatic carbocycles. The highest BCUT2D eigenvalue weighted by Crippen LogP contribution is 2.34. The molecule has 2 aliphatic heterocycles. The third-order valence-corrected chi connectivity index (χ3v) is 3.99. The number of rotatable bonds is 3. The van der Waals surface area contributed by atoms with Crippen LogP contribution in [-0.2, 0) is 17.6 Å². The molecule has 0 saturated heterocycles. The summed E-state index contributed by atoms with van der Waals surface area (Å²) in [5.41, 5.74) is 2.89. The molecule has 0 unspecified atom stereocenters. The lowest BCUT2D eigenvalue weighted by atomic mass is 10.0. The fraction of sp³-hybridized carbons (Fsp3) is 0.278. The van der Waals surface area contributed by atoms with Crippen LogP contribution in [0.25, 0.3) is 0 Å². The minimum Gasteiger partial charge on any atom is -0.493 e. The van der Waals surface area contributed by atoms with E-state index in [1.165, 1.54) is 5.56 Å². The van der Waals surface area contributed by atoms with E-state index in [-0.39, 0.29) is 12.7 Å².